The number of likely N-dealkylation sites (tertiary alicyclic amines) is 1. The molecule has 4 heteroatoms. The van der Waals surface area contributed by atoms with Crippen molar-refractivity contribution in [1.82, 2.24) is 9.80 Å². The van der Waals surface area contributed by atoms with E-state index < -0.39 is 0 Å². The average Bonchev–Trinajstić information content (AvgIpc) is 2.77. The summed E-state index contributed by atoms with van der Waals surface area (Å²) in [6.45, 7) is 9.32. The standard InChI is InChI=1S/C12H25N3O/c1-4-14(5-2)12(16)10(3)15-8-6-7-11(15)9-13/h10-11H,4-9,13H2,1-3H3. The Morgan fingerprint density at radius 1 is 1.50 bits per heavy atom. The highest BCUT2D eigenvalue weighted by Gasteiger charge is 2.32. The summed E-state index contributed by atoms with van der Waals surface area (Å²) in [5.74, 6) is 0.241. The number of carbonyl (C=O) groups is 1. The van der Waals surface area contributed by atoms with E-state index in [1.165, 1.54) is 0 Å². The van der Waals surface area contributed by atoms with Crippen molar-refractivity contribution < 1.29 is 4.79 Å². The number of hydrogen-bond acceptors (Lipinski definition) is 3. The molecule has 0 aliphatic carbocycles. The first kappa shape index (κ1) is 13.5. The van der Waals surface area contributed by atoms with E-state index in [1.54, 1.807) is 0 Å². The van der Waals surface area contributed by atoms with Gasteiger partial charge in [0.25, 0.3) is 0 Å². The van der Waals surface area contributed by atoms with Gasteiger partial charge in [0.05, 0.1) is 6.04 Å². The maximum absolute atomic E-state index is 12.2. The lowest BCUT2D eigenvalue weighted by molar-refractivity contribution is -0.136. The molecule has 1 aliphatic rings. The molecule has 2 N–H and O–H groups in total. The predicted molar refractivity (Wildman–Crippen MR) is 66.2 cm³/mol. The zero-order valence-electron chi connectivity index (χ0n) is 10.8. The smallest absolute Gasteiger partial charge is 0.239 e. The van der Waals surface area contributed by atoms with E-state index in [0.717, 1.165) is 32.5 Å². The van der Waals surface area contributed by atoms with Crippen LogP contribution in [-0.4, -0.2) is 54.0 Å². The van der Waals surface area contributed by atoms with Gasteiger partial charge in [-0.15, -0.1) is 0 Å². The molecule has 2 atom stereocenters. The van der Waals surface area contributed by atoms with Crippen molar-refractivity contribution in [1.29, 1.82) is 0 Å². The summed E-state index contributed by atoms with van der Waals surface area (Å²) >= 11 is 0. The molecule has 1 saturated heterocycles. The number of hydrogen-bond donors (Lipinski definition) is 1. The molecule has 0 spiro atoms. The zero-order chi connectivity index (χ0) is 12.1. The van der Waals surface area contributed by atoms with Crippen molar-refractivity contribution in [3.8, 4) is 0 Å². The van der Waals surface area contributed by atoms with Crippen LogP contribution >= 0.6 is 0 Å². The molecule has 0 aromatic heterocycles. The molecule has 1 heterocycles. The van der Waals surface area contributed by atoms with Crippen molar-refractivity contribution >= 4 is 5.91 Å². The minimum Gasteiger partial charge on any atom is -0.342 e. The molecule has 2 unspecified atom stereocenters. The third-order valence-electron chi connectivity index (χ3n) is 3.62. The second-order valence-corrected chi connectivity index (χ2v) is 4.46. The molecular weight excluding hydrogens is 202 g/mol. The van der Waals surface area contributed by atoms with Crippen LogP contribution in [0.1, 0.15) is 33.6 Å². The number of amides is 1. The Bertz CT molecular complexity index is 228. The van der Waals surface area contributed by atoms with E-state index in [4.69, 9.17) is 5.73 Å². The fourth-order valence-corrected chi connectivity index (χ4v) is 2.56. The van der Waals surface area contributed by atoms with Crippen LogP contribution in [0.4, 0.5) is 0 Å². The highest BCUT2D eigenvalue weighted by atomic mass is 16.2. The number of nitrogens with two attached hydrogens (primary N) is 1. The van der Waals surface area contributed by atoms with Crippen LogP contribution in [0, 0.1) is 0 Å². The minimum atomic E-state index is -0.0176. The second kappa shape index (κ2) is 6.21. The van der Waals surface area contributed by atoms with E-state index in [-0.39, 0.29) is 11.9 Å². The van der Waals surface area contributed by atoms with Crippen LogP contribution in [0.25, 0.3) is 0 Å². The van der Waals surface area contributed by atoms with Gasteiger partial charge in [0.1, 0.15) is 0 Å². The van der Waals surface area contributed by atoms with Crippen molar-refractivity contribution in [2.45, 2.75) is 45.7 Å². The summed E-state index contributed by atoms with van der Waals surface area (Å²) in [6.07, 6.45) is 2.30. The molecule has 16 heavy (non-hydrogen) atoms. The normalized spacial score (nSPS) is 23.4. The molecule has 0 saturated carbocycles. The first-order valence-electron chi connectivity index (χ1n) is 6.40. The van der Waals surface area contributed by atoms with Crippen LogP contribution in [0.3, 0.4) is 0 Å². The Morgan fingerprint density at radius 3 is 2.62 bits per heavy atom. The third kappa shape index (κ3) is 2.74. The first-order chi connectivity index (χ1) is 7.65. The molecule has 0 radical (unpaired) electrons. The van der Waals surface area contributed by atoms with E-state index >= 15 is 0 Å². The van der Waals surface area contributed by atoms with Crippen molar-refractivity contribution in [3.05, 3.63) is 0 Å². The predicted octanol–water partition coefficient (Wildman–Crippen LogP) is 0.666. The van der Waals surface area contributed by atoms with Gasteiger partial charge in [-0.25, -0.2) is 0 Å². The van der Waals surface area contributed by atoms with Gasteiger partial charge >= 0.3 is 0 Å². The average molecular weight is 227 g/mol. The lowest BCUT2D eigenvalue weighted by Gasteiger charge is -2.32. The number of likely N-dealkylation sites (N-methyl/N-ethyl adjacent to an activating group) is 1. The number of rotatable bonds is 5. The molecule has 1 amide bonds. The second-order valence-electron chi connectivity index (χ2n) is 4.46. The molecule has 0 bridgehead atoms. The van der Waals surface area contributed by atoms with Gasteiger partial charge in [0.2, 0.25) is 5.91 Å². The van der Waals surface area contributed by atoms with E-state index in [2.05, 4.69) is 4.90 Å². The van der Waals surface area contributed by atoms with Gasteiger partial charge < -0.3 is 10.6 Å². The molecule has 1 aliphatic heterocycles. The Labute approximate surface area is 98.8 Å². The van der Waals surface area contributed by atoms with E-state index in [1.807, 2.05) is 25.7 Å². The largest absolute Gasteiger partial charge is 0.342 e. The molecule has 94 valence electrons. The summed E-state index contributed by atoms with van der Waals surface area (Å²) < 4.78 is 0. The maximum atomic E-state index is 12.2. The molecule has 0 aromatic rings. The zero-order valence-corrected chi connectivity index (χ0v) is 10.8. The van der Waals surface area contributed by atoms with Crippen LogP contribution < -0.4 is 5.73 Å². The van der Waals surface area contributed by atoms with Gasteiger partial charge in [-0.1, -0.05) is 0 Å². The highest BCUT2D eigenvalue weighted by Crippen LogP contribution is 2.20. The highest BCUT2D eigenvalue weighted by molar-refractivity contribution is 5.81. The lowest BCUT2D eigenvalue weighted by atomic mass is 10.2. The summed E-state index contributed by atoms with van der Waals surface area (Å²) in [6, 6.07) is 0.380. The topological polar surface area (TPSA) is 49.6 Å². The number of nitrogens with zero attached hydrogens (tertiary/aromatic N) is 2. The third-order valence-corrected chi connectivity index (χ3v) is 3.62. The van der Waals surface area contributed by atoms with Crippen LogP contribution in [-0.2, 0) is 4.79 Å². The lowest BCUT2D eigenvalue weighted by Crippen LogP contribution is -2.50. The Morgan fingerprint density at radius 2 is 2.12 bits per heavy atom. The summed E-state index contributed by atoms with van der Waals surface area (Å²) in [7, 11) is 0. The van der Waals surface area contributed by atoms with Crippen molar-refractivity contribution in [2.24, 2.45) is 5.73 Å². The van der Waals surface area contributed by atoms with Gasteiger partial charge in [-0.05, 0) is 40.2 Å². The van der Waals surface area contributed by atoms with E-state index in [9.17, 15) is 4.79 Å². The Balaban J connectivity index is 2.61. The molecule has 4 nitrogen and oxygen atoms in total. The SMILES string of the molecule is CCN(CC)C(=O)C(C)N1CCCC1CN. The van der Waals surface area contributed by atoms with Crippen molar-refractivity contribution in [2.75, 3.05) is 26.2 Å². The van der Waals surface area contributed by atoms with Crippen molar-refractivity contribution in [3.63, 3.8) is 0 Å². The molecule has 1 fully saturated rings. The van der Waals surface area contributed by atoms with Gasteiger partial charge in [-0.2, -0.15) is 0 Å². The van der Waals surface area contributed by atoms with Gasteiger partial charge in [0.15, 0.2) is 0 Å². The fourth-order valence-electron chi connectivity index (χ4n) is 2.56. The van der Waals surface area contributed by atoms with Crippen LogP contribution in [0.15, 0.2) is 0 Å². The Hall–Kier alpha value is -0.610. The first-order valence-corrected chi connectivity index (χ1v) is 6.40. The monoisotopic (exact) mass is 227 g/mol. The minimum absolute atomic E-state index is 0.0176. The fraction of sp³-hybridized carbons (Fsp3) is 0.917. The van der Waals surface area contributed by atoms with Gasteiger partial charge in [-0.3, -0.25) is 9.69 Å². The quantitative estimate of drug-likeness (QED) is 0.751. The molecule has 0 aromatic carbocycles. The van der Waals surface area contributed by atoms with Crippen LogP contribution in [0.2, 0.25) is 0 Å². The summed E-state index contributed by atoms with van der Waals surface area (Å²) in [5, 5.41) is 0. The Kier molecular flexibility index (Phi) is 5.22. The number of carbonyl (C=O) groups excluding carboxylic acids is 1. The maximum Gasteiger partial charge on any atom is 0.239 e. The van der Waals surface area contributed by atoms with E-state index in [0.29, 0.717) is 12.6 Å². The molecular formula is C12H25N3O. The summed E-state index contributed by atoms with van der Waals surface area (Å²) in [5.41, 5.74) is 5.74. The summed E-state index contributed by atoms with van der Waals surface area (Å²) in [4.78, 5) is 16.4. The van der Waals surface area contributed by atoms with Gasteiger partial charge in [0, 0.05) is 25.7 Å². The van der Waals surface area contributed by atoms with Crippen LogP contribution in [0.5, 0.6) is 0 Å². The molecule has 1 rings (SSSR count).